The highest BCUT2D eigenvalue weighted by Crippen LogP contribution is 2.35. The number of nitrogens with one attached hydrogen (secondary N) is 1. The summed E-state index contributed by atoms with van der Waals surface area (Å²) in [5.74, 6) is -0.382. The summed E-state index contributed by atoms with van der Waals surface area (Å²) < 4.78 is 0. The first kappa shape index (κ1) is 20.7. The summed E-state index contributed by atoms with van der Waals surface area (Å²) >= 11 is 12.2. The fraction of sp³-hybridized carbons (Fsp3) is 0.318. The Balaban J connectivity index is 1.51. The van der Waals surface area contributed by atoms with Crippen LogP contribution in [0.25, 0.3) is 0 Å². The van der Waals surface area contributed by atoms with Crippen molar-refractivity contribution in [2.24, 2.45) is 0 Å². The number of likely N-dealkylation sites (tertiary alicyclic amines) is 1. The van der Waals surface area contributed by atoms with Crippen LogP contribution >= 0.6 is 23.2 Å². The molecule has 0 spiro atoms. The van der Waals surface area contributed by atoms with Gasteiger partial charge in [-0.25, -0.2) is 4.79 Å². The van der Waals surface area contributed by atoms with Crippen LogP contribution in [0.5, 0.6) is 0 Å². The van der Waals surface area contributed by atoms with Gasteiger partial charge in [-0.3, -0.25) is 14.5 Å². The molecule has 156 valence electrons. The molecule has 0 aromatic heterocycles. The van der Waals surface area contributed by atoms with Crippen molar-refractivity contribution in [2.75, 3.05) is 13.1 Å². The molecular weight excluding hydrogens is 425 g/mol. The van der Waals surface area contributed by atoms with Crippen LogP contribution in [0.2, 0.25) is 10.0 Å². The molecule has 2 saturated heterocycles. The SMILES string of the molecule is CC1(c2ccc(Cl)cc2Cl)NC(=O)N(Cc2ccc(C(=O)N3CCCC3)cc2)C1=O. The second kappa shape index (κ2) is 7.93. The van der Waals surface area contributed by atoms with Crippen LogP contribution < -0.4 is 5.32 Å². The molecule has 2 aromatic carbocycles. The molecule has 2 heterocycles. The third kappa shape index (κ3) is 3.66. The van der Waals surface area contributed by atoms with E-state index in [-0.39, 0.29) is 12.5 Å². The molecule has 4 rings (SSSR count). The lowest BCUT2D eigenvalue weighted by Gasteiger charge is -2.23. The number of nitrogens with zero attached hydrogens (tertiary/aromatic N) is 2. The maximum absolute atomic E-state index is 13.1. The molecule has 30 heavy (non-hydrogen) atoms. The highest BCUT2D eigenvalue weighted by atomic mass is 35.5. The molecule has 2 aromatic rings. The molecule has 2 aliphatic heterocycles. The normalized spacial score (nSPS) is 21.3. The summed E-state index contributed by atoms with van der Waals surface area (Å²) in [5, 5.41) is 3.50. The second-order valence-electron chi connectivity index (χ2n) is 7.77. The lowest BCUT2D eigenvalue weighted by atomic mass is 9.92. The van der Waals surface area contributed by atoms with Gasteiger partial charge in [0.2, 0.25) is 0 Å². The smallest absolute Gasteiger partial charge is 0.325 e. The van der Waals surface area contributed by atoms with Crippen molar-refractivity contribution in [1.82, 2.24) is 15.1 Å². The van der Waals surface area contributed by atoms with E-state index in [1.807, 2.05) is 4.90 Å². The minimum Gasteiger partial charge on any atom is -0.339 e. The van der Waals surface area contributed by atoms with Gasteiger partial charge in [0.05, 0.1) is 6.54 Å². The Morgan fingerprint density at radius 1 is 1.07 bits per heavy atom. The van der Waals surface area contributed by atoms with E-state index < -0.39 is 17.5 Å². The summed E-state index contributed by atoms with van der Waals surface area (Å²) in [7, 11) is 0. The zero-order valence-corrected chi connectivity index (χ0v) is 18.0. The Bertz CT molecular complexity index is 1020. The molecule has 1 N–H and O–H groups in total. The molecule has 0 saturated carbocycles. The molecular formula is C22H21Cl2N3O3. The van der Waals surface area contributed by atoms with Crippen LogP contribution in [-0.2, 0) is 16.9 Å². The van der Waals surface area contributed by atoms with E-state index in [4.69, 9.17) is 23.2 Å². The van der Waals surface area contributed by atoms with Crippen LogP contribution in [0.15, 0.2) is 42.5 Å². The largest absolute Gasteiger partial charge is 0.339 e. The number of carbonyl (C=O) groups is 3. The number of imide groups is 1. The third-order valence-corrected chi connectivity index (χ3v) is 6.23. The number of urea groups is 1. The number of halogens is 2. The fourth-order valence-electron chi connectivity index (χ4n) is 3.96. The number of rotatable bonds is 4. The monoisotopic (exact) mass is 445 g/mol. The first-order valence-electron chi connectivity index (χ1n) is 9.77. The maximum atomic E-state index is 13.1. The van der Waals surface area contributed by atoms with E-state index in [9.17, 15) is 14.4 Å². The number of hydrogen-bond acceptors (Lipinski definition) is 3. The van der Waals surface area contributed by atoms with Crippen molar-refractivity contribution in [3.63, 3.8) is 0 Å². The topological polar surface area (TPSA) is 69.7 Å². The van der Waals surface area contributed by atoms with Crippen LogP contribution in [0, 0.1) is 0 Å². The molecule has 1 atom stereocenters. The predicted octanol–water partition coefficient (Wildman–Crippen LogP) is 4.20. The zero-order chi connectivity index (χ0) is 21.5. The molecule has 0 radical (unpaired) electrons. The summed E-state index contributed by atoms with van der Waals surface area (Å²) in [6.07, 6.45) is 2.07. The molecule has 0 bridgehead atoms. The van der Waals surface area contributed by atoms with E-state index in [1.54, 1.807) is 49.4 Å². The minimum absolute atomic E-state index is 0.0130. The van der Waals surface area contributed by atoms with Crippen molar-refractivity contribution in [3.05, 3.63) is 69.2 Å². The van der Waals surface area contributed by atoms with Crippen LogP contribution in [0.4, 0.5) is 4.79 Å². The van der Waals surface area contributed by atoms with Gasteiger partial charge in [-0.2, -0.15) is 0 Å². The number of hydrogen-bond donors (Lipinski definition) is 1. The average molecular weight is 446 g/mol. The summed E-state index contributed by atoms with van der Waals surface area (Å²) in [6.45, 7) is 3.30. The Morgan fingerprint density at radius 3 is 2.37 bits per heavy atom. The molecule has 4 amide bonds. The summed E-state index contributed by atoms with van der Waals surface area (Å²) in [5.41, 5.74) is 0.573. The fourth-order valence-corrected chi connectivity index (χ4v) is 4.55. The van der Waals surface area contributed by atoms with Gasteiger partial charge in [-0.05, 0) is 49.6 Å². The molecule has 8 heteroatoms. The Hall–Kier alpha value is -2.57. The standard InChI is InChI=1S/C22H21Cl2N3O3/c1-22(17-9-8-16(23)12-18(17)24)20(29)27(21(30)25-22)13-14-4-6-15(7-5-14)19(28)26-10-2-3-11-26/h4-9,12H,2-3,10-11,13H2,1H3,(H,25,30). The number of benzene rings is 2. The van der Waals surface area contributed by atoms with Crippen molar-refractivity contribution in [2.45, 2.75) is 31.8 Å². The van der Waals surface area contributed by atoms with Crippen molar-refractivity contribution in [3.8, 4) is 0 Å². The van der Waals surface area contributed by atoms with E-state index in [0.717, 1.165) is 36.4 Å². The molecule has 0 aliphatic carbocycles. The first-order chi connectivity index (χ1) is 14.3. The highest BCUT2D eigenvalue weighted by Gasteiger charge is 2.49. The van der Waals surface area contributed by atoms with Crippen LogP contribution in [0.1, 0.15) is 41.3 Å². The van der Waals surface area contributed by atoms with Gasteiger partial charge in [0.1, 0.15) is 5.54 Å². The maximum Gasteiger partial charge on any atom is 0.325 e. The van der Waals surface area contributed by atoms with Crippen molar-refractivity contribution in [1.29, 1.82) is 0 Å². The third-order valence-electron chi connectivity index (χ3n) is 5.68. The Labute approximate surface area is 184 Å². The number of amides is 4. The van der Waals surface area contributed by atoms with Crippen molar-refractivity contribution >= 4 is 41.0 Å². The lowest BCUT2D eigenvalue weighted by molar-refractivity contribution is -0.131. The first-order valence-corrected chi connectivity index (χ1v) is 10.5. The van der Waals surface area contributed by atoms with Gasteiger partial charge >= 0.3 is 6.03 Å². The molecule has 2 aliphatic rings. The van der Waals surface area contributed by atoms with Gasteiger partial charge in [0.25, 0.3) is 11.8 Å². The second-order valence-corrected chi connectivity index (χ2v) is 8.61. The van der Waals surface area contributed by atoms with Gasteiger partial charge in [-0.15, -0.1) is 0 Å². The van der Waals surface area contributed by atoms with Gasteiger partial charge in [0, 0.05) is 34.3 Å². The van der Waals surface area contributed by atoms with Crippen LogP contribution in [0.3, 0.4) is 0 Å². The Morgan fingerprint density at radius 2 is 1.73 bits per heavy atom. The van der Waals surface area contributed by atoms with E-state index >= 15 is 0 Å². The van der Waals surface area contributed by atoms with E-state index in [0.29, 0.717) is 21.2 Å². The highest BCUT2D eigenvalue weighted by molar-refractivity contribution is 6.35. The summed E-state index contributed by atoms with van der Waals surface area (Å²) in [4.78, 5) is 41.2. The summed E-state index contributed by atoms with van der Waals surface area (Å²) in [6, 6.07) is 11.3. The zero-order valence-electron chi connectivity index (χ0n) is 16.5. The van der Waals surface area contributed by atoms with Crippen LogP contribution in [-0.4, -0.2) is 40.7 Å². The van der Waals surface area contributed by atoms with Gasteiger partial charge < -0.3 is 10.2 Å². The molecule has 1 unspecified atom stereocenters. The van der Waals surface area contributed by atoms with Gasteiger partial charge in [0.15, 0.2) is 0 Å². The van der Waals surface area contributed by atoms with Crippen molar-refractivity contribution < 1.29 is 14.4 Å². The Kier molecular flexibility index (Phi) is 5.47. The average Bonchev–Trinajstić information content (AvgIpc) is 3.32. The quantitative estimate of drug-likeness (QED) is 0.716. The van der Waals surface area contributed by atoms with E-state index in [2.05, 4.69) is 5.32 Å². The number of carbonyl (C=O) groups excluding carboxylic acids is 3. The predicted molar refractivity (Wildman–Crippen MR) is 114 cm³/mol. The minimum atomic E-state index is -1.27. The molecule has 2 fully saturated rings. The van der Waals surface area contributed by atoms with Gasteiger partial charge in [-0.1, -0.05) is 41.4 Å². The lowest BCUT2D eigenvalue weighted by Crippen LogP contribution is -2.41. The van der Waals surface area contributed by atoms with E-state index in [1.165, 1.54) is 0 Å². The molecule has 6 nitrogen and oxygen atoms in total.